The molecule has 0 radical (unpaired) electrons. The van der Waals surface area contributed by atoms with E-state index in [0.717, 1.165) is 23.5 Å². The first-order valence-electron chi connectivity index (χ1n) is 9.06. The number of nitrogens with zero attached hydrogens (tertiary/aromatic N) is 3. The highest BCUT2D eigenvalue weighted by Crippen LogP contribution is 2.32. The van der Waals surface area contributed by atoms with Gasteiger partial charge in [-0.05, 0) is 32.9 Å². The average Bonchev–Trinajstić information content (AvgIpc) is 3.21. The van der Waals surface area contributed by atoms with Gasteiger partial charge in [0.25, 0.3) is 11.8 Å². The summed E-state index contributed by atoms with van der Waals surface area (Å²) in [5, 5.41) is 4.92. The van der Waals surface area contributed by atoms with Crippen LogP contribution < -0.4 is 10.6 Å². The van der Waals surface area contributed by atoms with Gasteiger partial charge in [0.05, 0.1) is 22.8 Å². The Balaban J connectivity index is 2.10. The molecular formula is C20H19ClF3N5O2S. The van der Waals surface area contributed by atoms with Crippen molar-refractivity contribution in [1.82, 2.24) is 25.6 Å². The van der Waals surface area contributed by atoms with Gasteiger partial charge >= 0.3 is 6.18 Å². The maximum Gasteiger partial charge on any atom is 0.417 e. The Labute approximate surface area is 191 Å². The summed E-state index contributed by atoms with van der Waals surface area (Å²) in [7, 11) is 0. The van der Waals surface area contributed by atoms with Crippen molar-refractivity contribution in [1.29, 1.82) is 0 Å². The predicted molar refractivity (Wildman–Crippen MR) is 115 cm³/mol. The van der Waals surface area contributed by atoms with E-state index in [0.29, 0.717) is 10.7 Å². The fraction of sp³-hybridized carbons (Fsp3) is 0.250. The SMILES string of the molecule is C=C/C(Cl)=C(\C=C(/C)NC(=O)c1cnc([C@@H](C)NC(=O)c2cc(C)ncn2)s1)C(F)(F)F. The molecule has 0 bridgehead atoms. The van der Waals surface area contributed by atoms with Gasteiger partial charge in [0, 0.05) is 11.4 Å². The number of aromatic nitrogens is 3. The Morgan fingerprint density at radius 2 is 1.94 bits per heavy atom. The number of rotatable bonds is 7. The van der Waals surface area contributed by atoms with Gasteiger partial charge in [-0.3, -0.25) is 9.59 Å². The number of aryl methyl sites for hydroxylation is 1. The molecule has 2 N–H and O–H groups in total. The molecule has 0 aromatic carbocycles. The third-order valence-electron chi connectivity index (χ3n) is 3.92. The Morgan fingerprint density at radius 3 is 2.53 bits per heavy atom. The molecule has 0 fully saturated rings. The summed E-state index contributed by atoms with van der Waals surface area (Å²) in [4.78, 5) is 36.8. The Bertz CT molecular complexity index is 1090. The summed E-state index contributed by atoms with van der Waals surface area (Å²) >= 11 is 6.57. The number of carbonyl (C=O) groups excluding carboxylic acids is 2. The van der Waals surface area contributed by atoms with Gasteiger partial charge in [-0.15, -0.1) is 11.3 Å². The zero-order valence-corrected chi connectivity index (χ0v) is 18.8. The van der Waals surface area contributed by atoms with Crippen LogP contribution in [0.1, 0.15) is 50.8 Å². The molecule has 32 heavy (non-hydrogen) atoms. The minimum atomic E-state index is -4.72. The summed E-state index contributed by atoms with van der Waals surface area (Å²) in [6, 6.07) is 0.993. The third kappa shape index (κ3) is 6.72. The number of hydrogen-bond acceptors (Lipinski definition) is 6. The van der Waals surface area contributed by atoms with Crippen molar-refractivity contribution in [2.75, 3.05) is 0 Å². The molecule has 0 aliphatic rings. The van der Waals surface area contributed by atoms with Crippen LogP contribution >= 0.6 is 22.9 Å². The molecular weight excluding hydrogens is 467 g/mol. The van der Waals surface area contributed by atoms with E-state index in [1.54, 1.807) is 13.8 Å². The van der Waals surface area contributed by atoms with Gasteiger partial charge in [0.15, 0.2) is 0 Å². The van der Waals surface area contributed by atoms with Crippen molar-refractivity contribution in [3.05, 3.63) is 74.9 Å². The first-order chi connectivity index (χ1) is 14.9. The Kier molecular flexibility index (Phi) is 8.28. The van der Waals surface area contributed by atoms with Crippen LogP contribution in [0.2, 0.25) is 0 Å². The van der Waals surface area contributed by atoms with Crippen LogP contribution in [0.15, 0.2) is 53.6 Å². The number of thiazole rings is 1. The maximum atomic E-state index is 13.1. The van der Waals surface area contributed by atoms with Crippen LogP contribution in [0.4, 0.5) is 13.2 Å². The first kappa shape index (κ1) is 25.2. The highest BCUT2D eigenvalue weighted by Gasteiger charge is 2.34. The average molecular weight is 486 g/mol. The van der Waals surface area contributed by atoms with E-state index in [1.165, 1.54) is 25.5 Å². The maximum absolute atomic E-state index is 13.1. The molecule has 2 aromatic heterocycles. The molecule has 12 heteroatoms. The lowest BCUT2D eigenvalue weighted by Gasteiger charge is -2.11. The van der Waals surface area contributed by atoms with Gasteiger partial charge in [-0.2, -0.15) is 13.2 Å². The van der Waals surface area contributed by atoms with E-state index in [2.05, 4.69) is 32.2 Å². The number of amides is 2. The van der Waals surface area contributed by atoms with Crippen molar-refractivity contribution in [3.63, 3.8) is 0 Å². The lowest BCUT2D eigenvalue weighted by Crippen LogP contribution is -2.27. The molecule has 2 amide bonds. The second kappa shape index (κ2) is 10.5. The summed E-state index contributed by atoms with van der Waals surface area (Å²) in [5.41, 5.74) is -0.385. The van der Waals surface area contributed by atoms with Crippen molar-refractivity contribution in [2.45, 2.75) is 33.0 Å². The quantitative estimate of drug-likeness (QED) is 0.558. The summed E-state index contributed by atoms with van der Waals surface area (Å²) in [6.45, 7) is 7.92. The largest absolute Gasteiger partial charge is 0.417 e. The molecule has 2 rings (SSSR count). The summed E-state index contributed by atoms with van der Waals surface area (Å²) in [5.74, 6) is -1.09. The van der Waals surface area contributed by atoms with E-state index in [9.17, 15) is 22.8 Å². The van der Waals surface area contributed by atoms with Crippen LogP contribution in [0.5, 0.6) is 0 Å². The third-order valence-corrected chi connectivity index (χ3v) is 5.45. The summed E-state index contributed by atoms with van der Waals surface area (Å²) < 4.78 is 39.4. The molecule has 0 aliphatic heterocycles. The van der Waals surface area contributed by atoms with Crippen molar-refractivity contribution in [3.8, 4) is 0 Å². The Hall–Kier alpha value is -3.05. The predicted octanol–water partition coefficient (Wildman–Crippen LogP) is 4.61. The van der Waals surface area contributed by atoms with E-state index in [1.807, 2.05) is 0 Å². The molecule has 0 aliphatic carbocycles. The topological polar surface area (TPSA) is 96.9 Å². The monoisotopic (exact) mass is 485 g/mol. The number of carbonyl (C=O) groups is 2. The number of hydrogen-bond donors (Lipinski definition) is 2. The minimum Gasteiger partial charge on any atom is -0.342 e. The highest BCUT2D eigenvalue weighted by atomic mass is 35.5. The number of allylic oxidation sites excluding steroid dienone is 5. The molecule has 170 valence electrons. The molecule has 2 heterocycles. The molecule has 0 saturated heterocycles. The zero-order chi connectivity index (χ0) is 24.1. The normalized spacial score (nSPS) is 13.8. The standard InChI is InChI=1S/C20H19ClF3N5O2S/c1-5-14(21)13(20(22,23)24)6-11(3)28-18(31)16-8-25-19(32-16)12(4)29-17(30)15-7-10(2)26-9-27-15/h5-9,12H,1H2,2-4H3,(H,28,31)(H,29,30)/b11-6+,14-13-/t12-/m1/s1. The van der Waals surface area contributed by atoms with Crippen LogP contribution in [0, 0.1) is 6.92 Å². The van der Waals surface area contributed by atoms with Crippen molar-refractivity contribution >= 4 is 34.8 Å². The van der Waals surface area contributed by atoms with Crippen LogP contribution in [0.3, 0.4) is 0 Å². The molecule has 0 unspecified atom stereocenters. The minimum absolute atomic E-state index is 0.0715. The summed E-state index contributed by atoms with van der Waals surface area (Å²) in [6.07, 6.45) is -0.583. The lowest BCUT2D eigenvalue weighted by molar-refractivity contribution is -0.0885. The van der Waals surface area contributed by atoms with Gasteiger partial charge in [-0.25, -0.2) is 15.0 Å². The van der Waals surface area contributed by atoms with Gasteiger partial charge in [-0.1, -0.05) is 24.3 Å². The van der Waals surface area contributed by atoms with E-state index < -0.39 is 34.6 Å². The molecule has 0 spiro atoms. The highest BCUT2D eigenvalue weighted by molar-refractivity contribution is 7.13. The van der Waals surface area contributed by atoms with Crippen LogP contribution in [0.25, 0.3) is 0 Å². The number of halogens is 4. The molecule has 1 atom stereocenters. The van der Waals surface area contributed by atoms with Gasteiger partial charge in [0.1, 0.15) is 21.9 Å². The number of alkyl halides is 3. The Morgan fingerprint density at radius 1 is 1.25 bits per heavy atom. The van der Waals surface area contributed by atoms with Gasteiger partial charge < -0.3 is 10.6 Å². The van der Waals surface area contributed by atoms with E-state index in [4.69, 9.17) is 11.6 Å². The molecule has 2 aromatic rings. The fourth-order valence-corrected chi connectivity index (χ4v) is 3.37. The van der Waals surface area contributed by atoms with Crippen LogP contribution in [-0.2, 0) is 0 Å². The fourth-order valence-electron chi connectivity index (χ4n) is 2.39. The lowest BCUT2D eigenvalue weighted by atomic mass is 10.2. The van der Waals surface area contributed by atoms with E-state index >= 15 is 0 Å². The molecule has 7 nitrogen and oxygen atoms in total. The molecule has 0 saturated carbocycles. The zero-order valence-electron chi connectivity index (χ0n) is 17.2. The second-order valence-corrected chi connectivity index (χ2v) is 8.02. The first-order valence-corrected chi connectivity index (χ1v) is 10.3. The van der Waals surface area contributed by atoms with Crippen molar-refractivity contribution in [2.24, 2.45) is 0 Å². The van der Waals surface area contributed by atoms with Crippen molar-refractivity contribution < 1.29 is 22.8 Å². The number of nitrogens with one attached hydrogen (secondary N) is 2. The smallest absolute Gasteiger partial charge is 0.342 e. The second-order valence-electron chi connectivity index (χ2n) is 6.55. The van der Waals surface area contributed by atoms with Gasteiger partial charge in [0.2, 0.25) is 0 Å². The van der Waals surface area contributed by atoms with E-state index in [-0.39, 0.29) is 16.3 Å². The van der Waals surface area contributed by atoms with Crippen LogP contribution in [-0.4, -0.2) is 32.9 Å².